The van der Waals surface area contributed by atoms with Crippen LogP contribution in [0.4, 0.5) is 0 Å². The van der Waals surface area contributed by atoms with E-state index < -0.39 is 0 Å². The fraction of sp³-hybridized carbons (Fsp3) is 0.242. The maximum Gasteiger partial charge on any atom is 0.205 e. The van der Waals surface area contributed by atoms with Crippen molar-refractivity contribution in [1.29, 1.82) is 5.26 Å². The van der Waals surface area contributed by atoms with Crippen molar-refractivity contribution in [3.63, 3.8) is 0 Å². The molecule has 6 heteroatoms. The highest BCUT2D eigenvalue weighted by Gasteiger charge is 2.37. The molecule has 3 aromatic rings. The topological polar surface area (TPSA) is 80.7 Å². The van der Waals surface area contributed by atoms with Crippen molar-refractivity contribution >= 4 is 6.08 Å². The van der Waals surface area contributed by atoms with E-state index in [0.29, 0.717) is 31.9 Å². The number of nitrogens with two attached hydrogens (primary N) is 1. The molecule has 39 heavy (non-hydrogen) atoms. The van der Waals surface area contributed by atoms with Crippen LogP contribution >= 0.6 is 0 Å². The van der Waals surface area contributed by atoms with Crippen LogP contribution in [0, 0.1) is 11.3 Å². The standard InChI is InChI=1S/C33H33N3O3/c1-3-37-27-14-10-23(11-15-27)18-26-21-36(20-24-8-6-5-7-9-24)22-30-31(29(19-34)33(35)39-32(26)30)25-12-16-28(17-13-25)38-4-2/h5-18,31H,3-4,20-22,35H2,1-2H3/b26-18+/t31-/m0/s1. The van der Waals surface area contributed by atoms with Gasteiger partial charge < -0.3 is 19.9 Å². The van der Waals surface area contributed by atoms with E-state index in [0.717, 1.165) is 46.1 Å². The van der Waals surface area contributed by atoms with Crippen molar-refractivity contribution in [2.45, 2.75) is 26.3 Å². The summed E-state index contributed by atoms with van der Waals surface area (Å²) in [5, 5.41) is 10.1. The fourth-order valence-corrected chi connectivity index (χ4v) is 5.23. The average Bonchev–Trinajstić information content (AvgIpc) is 2.95. The number of hydrogen-bond donors (Lipinski definition) is 1. The first-order valence-electron chi connectivity index (χ1n) is 13.3. The lowest BCUT2D eigenvalue weighted by molar-refractivity contribution is 0.230. The summed E-state index contributed by atoms with van der Waals surface area (Å²) in [4.78, 5) is 2.38. The van der Waals surface area contributed by atoms with Crippen molar-refractivity contribution in [2.75, 3.05) is 26.3 Å². The summed E-state index contributed by atoms with van der Waals surface area (Å²) < 4.78 is 17.5. The number of ether oxygens (including phenoxy) is 3. The van der Waals surface area contributed by atoms with Crippen LogP contribution in [0.5, 0.6) is 11.5 Å². The maximum absolute atomic E-state index is 10.1. The van der Waals surface area contributed by atoms with Gasteiger partial charge >= 0.3 is 0 Å². The Bertz CT molecular complexity index is 1430. The van der Waals surface area contributed by atoms with Crippen molar-refractivity contribution in [1.82, 2.24) is 4.90 Å². The van der Waals surface area contributed by atoms with E-state index in [-0.39, 0.29) is 11.8 Å². The monoisotopic (exact) mass is 519 g/mol. The van der Waals surface area contributed by atoms with Gasteiger partial charge in [-0.25, -0.2) is 0 Å². The lowest BCUT2D eigenvalue weighted by Gasteiger charge is -2.38. The summed E-state index contributed by atoms with van der Waals surface area (Å²) in [6, 6.07) is 28.7. The van der Waals surface area contributed by atoms with Crippen LogP contribution in [0.2, 0.25) is 0 Å². The molecule has 0 spiro atoms. The first kappa shape index (κ1) is 26.1. The highest BCUT2D eigenvalue weighted by Crippen LogP contribution is 2.44. The van der Waals surface area contributed by atoms with Gasteiger partial charge in [-0.2, -0.15) is 5.26 Å². The third-order valence-electron chi connectivity index (χ3n) is 6.91. The van der Waals surface area contributed by atoms with E-state index in [4.69, 9.17) is 19.9 Å². The zero-order valence-corrected chi connectivity index (χ0v) is 22.4. The van der Waals surface area contributed by atoms with Crippen LogP contribution < -0.4 is 15.2 Å². The largest absolute Gasteiger partial charge is 0.494 e. The van der Waals surface area contributed by atoms with Gasteiger partial charge in [0.25, 0.3) is 0 Å². The molecule has 0 unspecified atom stereocenters. The molecule has 0 aromatic heterocycles. The lowest BCUT2D eigenvalue weighted by atomic mass is 9.80. The Hall–Kier alpha value is -4.47. The van der Waals surface area contributed by atoms with Crippen LogP contribution in [0.1, 0.15) is 36.5 Å². The summed E-state index contributed by atoms with van der Waals surface area (Å²) in [5.41, 5.74) is 12.1. The van der Waals surface area contributed by atoms with E-state index in [1.165, 1.54) is 5.56 Å². The Morgan fingerprint density at radius 1 is 0.923 bits per heavy atom. The third-order valence-corrected chi connectivity index (χ3v) is 6.91. The molecule has 198 valence electrons. The first-order chi connectivity index (χ1) is 19.1. The molecule has 0 aliphatic carbocycles. The third kappa shape index (κ3) is 5.84. The van der Waals surface area contributed by atoms with Gasteiger partial charge in [-0.1, -0.05) is 54.6 Å². The van der Waals surface area contributed by atoms with Crippen LogP contribution in [-0.4, -0.2) is 31.2 Å². The summed E-state index contributed by atoms with van der Waals surface area (Å²) in [5.74, 6) is 2.23. The molecule has 0 bridgehead atoms. The van der Waals surface area contributed by atoms with Crippen LogP contribution in [0.3, 0.4) is 0 Å². The molecule has 2 N–H and O–H groups in total. The van der Waals surface area contributed by atoms with Crippen molar-refractivity contribution < 1.29 is 14.2 Å². The van der Waals surface area contributed by atoms with Crippen molar-refractivity contribution in [3.05, 3.63) is 124 Å². The summed E-state index contributed by atoms with van der Waals surface area (Å²) in [7, 11) is 0. The lowest BCUT2D eigenvalue weighted by Crippen LogP contribution is -2.37. The molecule has 0 saturated carbocycles. The number of benzene rings is 3. The first-order valence-corrected chi connectivity index (χ1v) is 13.3. The van der Waals surface area contributed by atoms with E-state index in [2.05, 4.69) is 41.3 Å². The zero-order valence-electron chi connectivity index (χ0n) is 22.4. The normalized spacial score (nSPS) is 18.4. The Morgan fingerprint density at radius 3 is 2.18 bits per heavy atom. The minimum absolute atomic E-state index is 0.157. The summed E-state index contributed by atoms with van der Waals surface area (Å²) in [6.07, 6.45) is 2.14. The molecule has 5 rings (SSSR count). The smallest absolute Gasteiger partial charge is 0.205 e. The van der Waals surface area contributed by atoms with E-state index in [1.807, 2.05) is 68.4 Å². The minimum atomic E-state index is -0.309. The number of nitriles is 1. The average molecular weight is 520 g/mol. The maximum atomic E-state index is 10.1. The van der Waals surface area contributed by atoms with E-state index >= 15 is 0 Å². The van der Waals surface area contributed by atoms with Crippen molar-refractivity contribution in [3.8, 4) is 17.6 Å². The molecule has 1 atom stereocenters. The van der Waals surface area contributed by atoms with Gasteiger partial charge in [-0.05, 0) is 66.5 Å². The van der Waals surface area contributed by atoms with Gasteiger partial charge in [0.2, 0.25) is 5.88 Å². The van der Waals surface area contributed by atoms with Gasteiger partial charge in [-0.3, -0.25) is 4.90 Å². The van der Waals surface area contributed by atoms with Crippen molar-refractivity contribution in [2.24, 2.45) is 5.73 Å². The zero-order chi connectivity index (χ0) is 27.2. The molecular weight excluding hydrogens is 486 g/mol. The molecule has 0 fully saturated rings. The van der Waals surface area contributed by atoms with Gasteiger partial charge in [-0.15, -0.1) is 0 Å². The van der Waals surface area contributed by atoms with Gasteiger partial charge in [0.05, 0.1) is 19.1 Å². The van der Waals surface area contributed by atoms with Gasteiger partial charge in [0.1, 0.15) is 28.9 Å². The minimum Gasteiger partial charge on any atom is -0.494 e. The Balaban J connectivity index is 1.58. The SMILES string of the molecule is CCOc1ccc(/C=C2\CN(Cc3ccccc3)CC3=C2OC(N)=C(C#N)[C@@H]3c2ccc(OCC)cc2)cc1. The Morgan fingerprint density at radius 2 is 1.56 bits per heavy atom. The summed E-state index contributed by atoms with van der Waals surface area (Å²) >= 11 is 0. The molecular formula is C33H33N3O3. The molecule has 6 nitrogen and oxygen atoms in total. The number of allylic oxidation sites excluding steroid dienone is 1. The predicted molar refractivity (Wildman–Crippen MR) is 153 cm³/mol. The highest BCUT2D eigenvalue weighted by molar-refractivity contribution is 5.63. The van der Waals surface area contributed by atoms with Gasteiger partial charge in [0.15, 0.2) is 0 Å². The molecule has 2 heterocycles. The molecule has 2 aliphatic rings. The van der Waals surface area contributed by atoms with E-state index in [9.17, 15) is 5.26 Å². The van der Waals surface area contributed by atoms with Gasteiger partial charge in [0, 0.05) is 25.2 Å². The number of hydrogen-bond acceptors (Lipinski definition) is 6. The second-order valence-corrected chi connectivity index (χ2v) is 9.58. The number of rotatable bonds is 8. The number of nitrogens with zero attached hydrogens (tertiary/aromatic N) is 2. The second kappa shape index (κ2) is 11.9. The van der Waals surface area contributed by atoms with Crippen LogP contribution in [0.25, 0.3) is 6.08 Å². The summed E-state index contributed by atoms with van der Waals surface area (Å²) in [6.45, 7) is 7.27. The quantitative estimate of drug-likeness (QED) is 0.385. The Labute approximate surface area is 230 Å². The molecule has 0 radical (unpaired) electrons. The molecule has 2 aliphatic heterocycles. The predicted octanol–water partition coefficient (Wildman–Crippen LogP) is 6.15. The molecule has 0 saturated heterocycles. The second-order valence-electron chi connectivity index (χ2n) is 9.58. The van der Waals surface area contributed by atoms with Crippen LogP contribution in [-0.2, 0) is 11.3 Å². The Kier molecular flexibility index (Phi) is 8.00. The fourth-order valence-electron chi connectivity index (χ4n) is 5.23. The molecule has 3 aromatic carbocycles. The van der Waals surface area contributed by atoms with E-state index in [1.54, 1.807) is 0 Å². The van der Waals surface area contributed by atoms with Crippen LogP contribution in [0.15, 0.2) is 107 Å². The highest BCUT2D eigenvalue weighted by atomic mass is 16.5. The molecule has 0 amide bonds.